The lowest BCUT2D eigenvalue weighted by Crippen LogP contribution is -2.41. The van der Waals surface area contributed by atoms with Crippen molar-refractivity contribution in [2.45, 2.75) is 19.0 Å². The van der Waals surface area contributed by atoms with Gasteiger partial charge in [-0.25, -0.2) is 4.98 Å². The topological polar surface area (TPSA) is 76.0 Å². The molecule has 6 nitrogen and oxygen atoms in total. The number of carbonyl (C=O) groups is 2. The zero-order valence-electron chi connectivity index (χ0n) is 13.9. The van der Waals surface area contributed by atoms with Crippen LogP contribution in [0.3, 0.4) is 0 Å². The van der Waals surface area contributed by atoms with Crippen LogP contribution >= 0.6 is 11.8 Å². The van der Waals surface area contributed by atoms with E-state index >= 15 is 0 Å². The van der Waals surface area contributed by atoms with Gasteiger partial charge >= 0.3 is 0 Å². The zero-order chi connectivity index (χ0) is 17.8. The first-order chi connectivity index (χ1) is 12.0. The maximum atomic E-state index is 11.8. The highest BCUT2D eigenvalue weighted by molar-refractivity contribution is 7.99. The van der Waals surface area contributed by atoms with E-state index in [1.165, 1.54) is 24.2 Å². The summed E-state index contributed by atoms with van der Waals surface area (Å²) in [5, 5.41) is 0.725. The summed E-state index contributed by atoms with van der Waals surface area (Å²) < 4.78 is 2.03. The lowest BCUT2D eigenvalue weighted by atomic mass is 10.2. The quantitative estimate of drug-likeness (QED) is 0.558. The van der Waals surface area contributed by atoms with E-state index in [4.69, 9.17) is 0 Å². The van der Waals surface area contributed by atoms with Crippen molar-refractivity contribution in [2.24, 2.45) is 0 Å². The summed E-state index contributed by atoms with van der Waals surface area (Å²) in [5.41, 5.74) is 8.66. The van der Waals surface area contributed by atoms with Crippen molar-refractivity contribution >= 4 is 34.6 Å². The second-order valence-electron chi connectivity index (χ2n) is 5.57. The molecule has 0 spiro atoms. The van der Waals surface area contributed by atoms with Crippen LogP contribution in [0.2, 0.25) is 0 Å². The monoisotopic (exact) mass is 354 g/mol. The van der Waals surface area contributed by atoms with Crippen LogP contribution in [0, 0.1) is 6.92 Å². The Kier molecular flexibility index (Phi) is 5.04. The second kappa shape index (κ2) is 7.40. The van der Waals surface area contributed by atoms with Gasteiger partial charge in [-0.05, 0) is 31.2 Å². The fraction of sp³-hybridized carbons (Fsp3) is 0.167. The van der Waals surface area contributed by atoms with Gasteiger partial charge < -0.3 is 0 Å². The minimum atomic E-state index is -0.315. The molecule has 0 saturated heterocycles. The summed E-state index contributed by atoms with van der Waals surface area (Å²) in [6.45, 7) is 3.38. The lowest BCUT2D eigenvalue weighted by molar-refractivity contribution is -0.126. The van der Waals surface area contributed by atoms with Gasteiger partial charge in [-0.15, -0.1) is 0 Å². The third-order valence-electron chi connectivity index (χ3n) is 3.53. The van der Waals surface area contributed by atoms with Crippen LogP contribution < -0.4 is 10.9 Å². The number of hydrogen-bond donors (Lipinski definition) is 2. The number of aryl methyl sites for hydroxylation is 1. The van der Waals surface area contributed by atoms with Crippen molar-refractivity contribution in [2.75, 3.05) is 5.75 Å². The average Bonchev–Trinajstić information content (AvgIpc) is 2.97. The molecule has 3 aromatic rings. The highest BCUT2D eigenvalue weighted by Crippen LogP contribution is 2.28. The number of rotatable bonds is 4. The number of hydrogen-bond acceptors (Lipinski definition) is 4. The minimum Gasteiger partial charge on any atom is -0.287 e. The number of amides is 2. The number of fused-ring (bicyclic) bond motifs is 1. The molecule has 0 aliphatic rings. The first kappa shape index (κ1) is 17.0. The maximum Gasteiger partial charge on any atom is 0.248 e. The number of thioether (sulfide) groups is 1. The minimum absolute atomic E-state index is 0.148. The van der Waals surface area contributed by atoms with Crippen molar-refractivity contribution in [1.82, 2.24) is 20.4 Å². The molecule has 0 saturated carbocycles. The maximum absolute atomic E-state index is 11.8. The molecule has 0 aliphatic heterocycles. The molecule has 25 heavy (non-hydrogen) atoms. The Balaban J connectivity index is 1.89. The molecular weight excluding hydrogens is 336 g/mol. The molecule has 2 amide bonds. The van der Waals surface area contributed by atoms with Crippen LogP contribution in [-0.2, 0) is 9.59 Å². The fourth-order valence-electron chi connectivity index (χ4n) is 2.37. The molecule has 1 aromatic heterocycles. The van der Waals surface area contributed by atoms with E-state index in [9.17, 15) is 9.59 Å². The number of aromatic nitrogens is 2. The van der Waals surface area contributed by atoms with Crippen LogP contribution in [0.5, 0.6) is 0 Å². The number of nitrogens with zero attached hydrogens (tertiary/aromatic N) is 2. The first-order valence-corrected chi connectivity index (χ1v) is 8.76. The van der Waals surface area contributed by atoms with Gasteiger partial charge in [0.2, 0.25) is 11.8 Å². The van der Waals surface area contributed by atoms with E-state index in [1.807, 2.05) is 60.0 Å². The predicted molar refractivity (Wildman–Crippen MR) is 98.5 cm³/mol. The van der Waals surface area contributed by atoms with Crippen molar-refractivity contribution in [3.63, 3.8) is 0 Å². The van der Waals surface area contributed by atoms with Crippen LogP contribution in [0.1, 0.15) is 12.5 Å². The molecule has 128 valence electrons. The Bertz CT molecular complexity index is 918. The van der Waals surface area contributed by atoms with Gasteiger partial charge in [-0.1, -0.05) is 41.6 Å². The number of benzene rings is 2. The SMILES string of the molecule is CC(=O)NNC(=O)CSc1nc2ccccc2n1-c1ccc(C)cc1. The summed E-state index contributed by atoms with van der Waals surface area (Å²) in [6.07, 6.45) is 0. The highest BCUT2D eigenvalue weighted by Gasteiger charge is 2.14. The van der Waals surface area contributed by atoms with Crippen LogP contribution in [0.4, 0.5) is 0 Å². The normalized spacial score (nSPS) is 10.6. The molecule has 2 aromatic carbocycles. The number of carbonyl (C=O) groups excluding carboxylic acids is 2. The van der Waals surface area contributed by atoms with Gasteiger partial charge in [0.05, 0.1) is 16.8 Å². The second-order valence-corrected chi connectivity index (χ2v) is 6.51. The Morgan fingerprint density at radius 1 is 1.08 bits per heavy atom. The van der Waals surface area contributed by atoms with Crippen molar-refractivity contribution < 1.29 is 9.59 Å². The highest BCUT2D eigenvalue weighted by atomic mass is 32.2. The van der Waals surface area contributed by atoms with Crippen molar-refractivity contribution in [1.29, 1.82) is 0 Å². The average molecular weight is 354 g/mol. The third-order valence-corrected chi connectivity index (χ3v) is 4.47. The fourth-order valence-corrected chi connectivity index (χ4v) is 3.20. The summed E-state index contributed by atoms with van der Waals surface area (Å²) in [7, 11) is 0. The van der Waals surface area contributed by atoms with Gasteiger partial charge in [0.25, 0.3) is 0 Å². The van der Waals surface area contributed by atoms with Crippen molar-refractivity contribution in [3.05, 3.63) is 54.1 Å². The molecule has 3 rings (SSSR count). The van der Waals surface area contributed by atoms with E-state index in [2.05, 4.69) is 15.8 Å². The van der Waals surface area contributed by atoms with Crippen LogP contribution in [-0.4, -0.2) is 27.1 Å². The molecule has 0 unspecified atom stereocenters. The summed E-state index contributed by atoms with van der Waals surface area (Å²) in [5.74, 6) is -0.455. The molecule has 7 heteroatoms. The van der Waals surface area contributed by atoms with Crippen molar-refractivity contribution in [3.8, 4) is 5.69 Å². The number of imidazole rings is 1. The van der Waals surface area contributed by atoms with Crippen LogP contribution in [0.15, 0.2) is 53.7 Å². The molecule has 2 N–H and O–H groups in total. The summed E-state index contributed by atoms with van der Waals surface area (Å²) in [6, 6.07) is 16.0. The van der Waals surface area contributed by atoms with E-state index in [1.54, 1.807) is 0 Å². The van der Waals surface area contributed by atoms with E-state index in [0.717, 1.165) is 21.9 Å². The molecule has 1 heterocycles. The largest absolute Gasteiger partial charge is 0.287 e. The number of hydrazine groups is 1. The molecule has 0 radical (unpaired) electrons. The Morgan fingerprint density at radius 3 is 2.52 bits per heavy atom. The predicted octanol–water partition coefficient (Wildman–Crippen LogP) is 2.59. The Hall–Kier alpha value is -2.80. The number of para-hydroxylation sites is 2. The van der Waals surface area contributed by atoms with Crippen LogP contribution in [0.25, 0.3) is 16.7 Å². The third kappa shape index (κ3) is 4.00. The molecule has 0 fully saturated rings. The molecule has 0 atom stereocenters. The smallest absolute Gasteiger partial charge is 0.248 e. The molecule has 0 aliphatic carbocycles. The van der Waals surface area contributed by atoms with Gasteiger partial charge in [0.1, 0.15) is 0 Å². The molecule has 0 bridgehead atoms. The Morgan fingerprint density at radius 2 is 1.80 bits per heavy atom. The zero-order valence-corrected chi connectivity index (χ0v) is 14.8. The summed E-state index contributed by atoms with van der Waals surface area (Å²) >= 11 is 1.32. The van der Waals surface area contributed by atoms with E-state index < -0.39 is 0 Å². The summed E-state index contributed by atoms with van der Waals surface area (Å²) in [4.78, 5) is 27.3. The molecular formula is C18H18N4O2S. The number of nitrogens with one attached hydrogen (secondary N) is 2. The van der Waals surface area contributed by atoms with Gasteiger partial charge in [-0.3, -0.25) is 25.0 Å². The van der Waals surface area contributed by atoms with Gasteiger partial charge in [-0.2, -0.15) is 0 Å². The lowest BCUT2D eigenvalue weighted by Gasteiger charge is -2.09. The van der Waals surface area contributed by atoms with Gasteiger partial charge in [0, 0.05) is 12.6 Å². The standard InChI is InChI=1S/C18H18N4O2S/c1-12-7-9-14(10-8-12)22-16-6-4-3-5-15(16)19-18(22)25-11-17(24)21-20-13(2)23/h3-10H,11H2,1-2H3,(H,20,23)(H,21,24). The Labute approximate surface area is 149 Å². The van der Waals surface area contributed by atoms with E-state index in [-0.39, 0.29) is 17.6 Å². The van der Waals surface area contributed by atoms with E-state index in [0.29, 0.717) is 0 Å². The first-order valence-electron chi connectivity index (χ1n) is 7.77. The van der Waals surface area contributed by atoms with Gasteiger partial charge in [0.15, 0.2) is 5.16 Å².